The zero-order chi connectivity index (χ0) is 16.1. The molecule has 0 radical (unpaired) electrons. The Morgan fingerprint density at radius 2 is 1.42 bits per heavy atom. The molecule has 3 saturated carbocycles. The average Bonchev–Trinajstić information content (AvgIpc) is 2.62. The van der Waals surface area contributed by atoms with Gasteiger partial charge in [-0.05, 0) is 58.4 Å². The zero-order valence-corrected chi connectivity index (χ0v) is 13.7. The predicted molar refractivity (Wildman–Crippen MR) is 99.9 cm³/mol. The number of hydrogen-bond donors (Lipinski definition) is 0. The molecule has 0 spiro atoms. The molecule has 0 aromatic heterocycles. The first-order valence-corrected chi connectivity index (χ1v) is 8.93. The Labute approximate surface area is 142 Å². The number of benzene rings is 3. The van der Waals surface area contributed by atoms with E-state index in [9.17, 15) is 4.79 Å². The Morgan fingerprint density at radius 3 is 2.00 bits per heavy atom. The maximum atomic E-state index is 12.1. The van der Waals surface area contributed by atoms with Crippen LogP contribution in [0.5, 0.6) is 0 Å². The van der Waals surface area contributed by atoms with Crippen LogP contribution in [0.25, 0.3) is 27.6 Å². The summed E-state index contributed by atoms with van der Waals surface area (Å²) >= 11 is 0. The lowest BCUT2D eigenvalue weighted by Gasteiger charge is -2.37. The second kappa shape index (κ2) is 5.31. The van der Waals surface area contributed by atoms with Gasteiger partial charge in [0.05, 0.1) is 0 Å². The summed E-state index contributed by atoms with van der Waals surface area (Å²) in [5.41, 5.74) is 2.83. The van der Waals surface area contributed by atoms with Gasteiger partial charge in [-0.1, -0.05) is 60.2 Å². The number of carbonyl (C=O) groups excluding carboxylic acids is 1. The molecule has 2 bridgehead atoms. The minimum atomic E-state index is 0.280. The molecule has 0 heterocycles. The van der Waals surface area contributed by atoms with Crippen molar-refractivity contribution in [2.24, 2.45) is 11.8 Å². The van der Waals surface area contributed by atoms with Crippen molar-refractivity contribution in [2.75, 3.05) is 0 Å². The first kappa shape index (κ1) is 14.0. The van der Waals surface area contributed by atoms with Crippen LogP contribution < -0.4 is 0 Å². The van der Waals surface area contributed by atoms with E-state index in [1.807, 2.05) is 0 Å². The lowest BCUT2D eigenvalue weighted by Crippen LogP contribution is -2.32. The van der Waals surface area contributed by atoms with Crippen LogP contribution in [0.3, 0.4) is 0 Å². The molecule has 3 aromatic carbocycles. The van der Waals surface area contributed by atoms with Crippen molar-refractivity contribution in [3.63, 3.8) is 0 Å². The van der Waals surface area contributed by atoms with Crippen molar-refractivity contribution in [2.45, 2.75) is 25.7 Å². The lowest BCUT2D eigenvalue weighted by molar-refractivity contribution is -0.127. The van der Waals surface area contributed by atoms with Crippen LogP contribution in [-0.2, 0) is 4.79 Å². The molecule has 6 rings (SSSR count). The highest BCUT2D eigenvalue weighted by molar-refractivity contribution is 6.07. The molecule has 118 valence electrons. The second-order valence-corrected chi connectivity index (χ2v) is 7.30. The summed E-state index contributed by atoms with van der Waals surface area (Å²) in [4.78, 5) is 12.1. The lowest BCUT2D eigenvalue weighted by atomic mass is 9.67. The van der Waals surface area contributed by atoms with E-state index >= 15 is 0 Å². The van der Waals surface area contributed by atoms with E-state index in [4.69, 9.17) is 0 Å². The van der Waals surface area contributed by atoms with Crippen LogP contribution in [0.15, 0.2) is 60.2 Å². The van der Waals surface area contributed by atoms with Gasteiger partial charge in [0.2, 0.25) is 0 Å². The standard InChI is InChI=1S/C23H20O/c24-23-14-15-9-10-18(23)12-19(15)13-22-20-7-3-1-5-16(20)11-17-6-2-4-8-21(17)22/h1-8,11,13,15,18H,9-10,12,14H2/b19-13+/t15-,18-/m1/s1. The van der Waals surface area contributed by atoms with Crippen LogP contribution in [0.1, 0.15) is 31.2 Å². The topological polar surface area (TPSA) is 17.1 Å². The maximum absolute atomic E-state index is 12.1. The fourth-order valence-electron chi connectivity index (χ4n) is 4.63. The number of ketones is 1. The van der Waals surface area contributed by atoms with Gasteiger partial charge in [0.1, 0.15) is 5.78 Å². The highest BCUT2D eigenvalue weighted by Crippen LogP contribution is 2.44. The van der Waals surface area contributed by atoms with Crippen molar-refractivity contribution in [1.29, 1.82) is 0 Å². The van der Waals surface area contributed by atoms with Gasteiger partial charge < -0.3 is 0 Å². The molecule has 0 saturated heterocycles. The molecule has 0 amide bonds. The van der Waals surface area contributed by atoms with Gasteiger partial charge >= 0.3 is 0 Å². The molecule has 3 aliphatic carbocycles. The number of allylic oxidation sites excluding steroid dienone is 1. The van der Waals surface area contributed by atoms with Crippen LogP contribution in [0.4, 0.5) is 0 Å². The van der Waals surface area contributed by atoms with Crippen LogP contribution in [0.2, 0.25) is 0 Å². The first-order chi connectivity index (χ1) is 11.8. The number of Topliss-reactive ketones (excluding diaryl/α,β-unsaturated/α-hetero) is 1. The Kier molecular flexibility index (Phi) is 3.09. The molecule has 24 heavy (non-hydrogen) atoms. The monoisotopic (exact) mass is 312 g/mol. The summed E-state index contributed by atoms with van der Waals surface area (Å²) in [6.07, 6.45) is 6.43. The smallest absolute Gasteiger partial charge is 0.136 e. The van der Waals surface area contributed by atoms with E-state index in [-0.39, 0.29) is 5.92 Å². The Hall–Kier alpha value is -2.41. The number of hydrogen-bond acceptors (Lipinski definition) is 1. The number of carbonyl (C=O) groups is 1. The summed E-state index contributed by atoms with van der Waals surface area (Å²) in [5.74, 6) is 1.24. The quantitative estimate of drug-likeness (QED) is 0.522. The van der Waals surface area contributed by atoms with Gasteiger partial charge in [0.15, 0.2) is 0 Å². The van der Waals surface area contributed by atoms with Gasteiger partial charge in [-0.15, -0.1) is 0 Å². The third-order valence-electron chi connectivity index (χ3n) is 5.92. The van der Waals surface area contributed by atoms with Crippen molar-refractivity contribution in [3.05, 3.63) is 65.7 Å². The fraction of sp³-hybridized carbons (Fsp3) is 0.261. The Bertz CT molecular complexity index is 941. The normalized spacial score (nSPS) is 25.0. The second-order valence-electron chi connectivity index (χ2n) is 7.30. The summed E-state index contributed by atoms with van der Waals surface area (Å²) in [6, 6.07) is 19.6. The Balaban J connectivity index is 1.76. The summed E-state index contributed by atoms with van der Waals surface area (Å²) in [7, 11) is 0. The van der Waals surface area contributed by atoms with Gasteiger partial charge in [-0.25, -0.2) is 0 Å². The third-order valence-corrected chi connectivity index (χ3v) is 5.92. The average molecular weight is 312 g/mol. The maximum Gasteiger partial charge on any atom is 0.136 e. The largest absolute Gasteiger partial charge is 0.299 e. The predicted octanol–water partition coefficient (Wildman–Crippen LogP) is 5.77. The van der Waals surface area contributed by atoms with Crippen LogP contribution in [-0.4, -0.2) is 5.78 Å². The first-order valence-electron chi connectivity index (χ1n) is 8.93. The minimum Gasteiger partial charge on any atom is -0.299 e. The summed E-state index contributed by atoms with van der Waals surface area (Å²) in [6.45, 7) is 0. The number of rotatable bonds is 1. The van der Waals surface area contributed by atoms with Crippen molar-refractivity contribution in [1.82, 2.24) is 0 Å². The van der Waals surface area contributed by atoms with E-state index in [1.165, 1.54) is 39.1 Å². The molecule has 0 aliphatic heterocycles. The van der Waals surface area contributed by atoms with Crippen molar-refractivity contribution < 1.29 is 4.79 Å². The highest BCUT2D eigenvalue weighted by Gasteiger charge is 2.37. The molecule has 1 heteroatoms. The van der Waals surface area contributed by atoms with Gasteiger partial charge in [0.25, 0.3) is 0 Å². The van der Waals surface area contributed by atoms with E-state index in [0.717, 1.165) is 19.3 Å². The molecule has 3 fully saturated rings. The van der Waals surface area contributed by atoms with Crippen LogP contribution >= 0.6 is 0 Å². The minimum absolute atomic E-state index is 0.280. The summed E-state index contributed by atoms with van der Waals surface area (Å²) < 4.78 is 0. The molecule has 3 aliphatic rings. The van der Waals surface area contributed by atoms with E-state index in [2.05, 4.69) is 60.7 Å². The molecule has 3 aromatic rings. The molecule has 0 unspecified atom stereocenters. The van der Waals surface area contributed by atoms with E-state index < -0.39 is 0 Å². The van der Waals surface area contributed by atoms with Crippen molar-refractivity contribution >= 4 is 33.4 Å². The molecular weight excluding hydrogens is 292 g/mol. The van der Waals surface area contributed by atoms with Crippen molar-refractivity contribution in [3.8, 4) is 0 Å². The third kappa shape index (κ3) is 2.11. The zero-order valence-electron chi connectivity index (χ0n) is 13.7. The molecule has 1 nitrogen and oxygen atoms in total. The fourth-order valence-corrected chi connectivity index (χ4v) is 4.63. The summed E-state index contributed by atoms with van der Waals surface area (Å²) in [5, 5.41) is 5.22. The van der Waals surface area contributed by atoms with Crippen LogP contribution in [0, 0.1) is 11.8 Å². The van der Waals surface area contributed by atoms with E-state index in [0.29, 0.717) is 11.7 Å². The molecule has 2 atom stereocenters. The SMILES string of the molecule is O=C1C[C@H]2CC[C@@H]1C/C2=C\c1c2ccccc2cc2ccccc12. The van der Waals surface area contributed by atoms with Gasteiger partial charge in [-0.2, -0.15) is 0 Å². The number of fused-ring (bicyclic) bond motifs is 5. The molecular formula is C23H20O. The highest BCUT2D eigenvalue weighted by atomic mass is 16.1. The van der Waals surface area contributed by atoms with E-state index in [1.54, 1.807) is 0 Å². The van der Waals surface area contributed by atoms with Gasteiger partial charge in [0, 0.05) is 12.3 Å². The van der Waals surface area contributed by atoms with Gasteiger partial charge in [-0.3, -0.25) is 4.79 Å². The molecule has 0 N–H and O–H groups in total. The Morgan fingerprint density at radius 1 is 0.792 bits per heavy atom.